The van der Waals surface area contributed by atoms with Crippen LogP contribution in [0.5, 0.6) is 0 Å². The highest BCUT2D eigenvalue weighted by atomic mass is 19.4. The summed E-state index contributed by atoms with van der Waals surface area (Å²) >= 11 is 0. The Morgan fingerprint density at radius 1 is 1.32 bits per heavy atom. The molecule has 0 atom stereocenters. The van der Waals surface area contributed by atoms with Crippen molar-refractivity contribution in [2.75, 3.05) is 17.3 Å². The van der Waals surface area contributed by atoms with Gasteiger partial charge in [-0.15, -0.1) is 0 Å². The Morgan fingerprint density at radius 2 is 1.95 bits per heavy atom. The predicted octanol–water partition coefficient (Wildman–Crippen LogP) is 1.11. The van der Waals surface area contributed by atoms with Gasteiger partial charge in [-0.1, -0.05) is 0 Å². The summed E-state index contributed by atoms with van der Waals surface area (Å²) in [5, 5.41) is 12.5. The summed E-state index contributed by atoms with van der Waals surface area (Å²) in [6, 6.07) is 1.25. The first-order valence-corrected chi connectivity index (χ1v) is 5.72. The number of hydrogen-bond acceptors (Lipinski definition) is 6. The smallest absolute Gasteiger partial charge is 0.388 e. The minimum Gasteiger partial charge on any atom is -0.388 e. The molecule has 106 valence electrons. The monoisotopic (exact) mass is 277 g/mol. The number of nitrogens with zero attached hydrogens (tertiary/aromatic N) is 2. The lowest BCUT2D eigenvalue weighted by molar-refractivity contribution is -0.144. The second-order valence-corrected chi connectivity index (χ2v) is 4.54. The van der Waals surface area contributed by atoms with E-state index in [1.165, 1.54) is 6.07 Å². The van der Waals surface area contributed by atoms with Crippen LogP contribution in [0.1, 0.15) is 25.1 Å². The number of anilines is 2. The van der Waals surface area contributed by atoms with E-state index >= 15 is 0 Å². The van der Waals surface area contributed by atoms with Gasteiger partial charge >= 0.3 is 6.18 Å². The van der Waals surface area contributed by atoms with E-state index in [2.05, 4.69) is 20.7 Å². The fourth-order valence-corrected chi connectivity index (χ4v) is 1.76. The number of alkyl halides is 3. The van der Waals surface area contributed by atoms with Crippen LogP contribution in [0.25, 0.3) is 0 Å². The topological polar surface area (TPSA) is 96.1 Å². The van der Waals surface area contributed by atoms with Crippen LogP contribution in [-0.2, 0) is 6.18 Å². The molecule has 19 heavy (non-hydrogen) atoms. The lowest BCUT2D eigenvalue weighted by Crippen LogP contribution is -2.43. The van der Waals surface area contributed by atoms with Crippen LogP contribution in [0.2, 0.25) is 0 Å². The van der Waals surface area contributed by atoms with Crippen LogP contribution < -0.4 is 16.6 Å². The molecule has 1 heterocycles. The van der Waals surface area contributed by atoms with Gasteiger partial charge in [0.05, 0.1) is 5.60 Å². The third-order valence-electron chi connectivity index (χ3n) is 3.01. The molecule has 1 aliphatic rings. The Balaban J connectivity index is 2.15. The first-order chi connectivity index (χ1) is 8.82. The van der Waals surface area contributed by atoms with Crippen molar-refractivity contribution in [3.05, 3.63) is 11.9 Å². The largest absolute Gasteiger partial charge is 0.451 e. The summed E-state index contributed by atoms with van der Waals surface area (Å²) < 4.78 is 37.7. The van der Waals surface area contributed by atoms with E-state index in [-0.39, 0.29) is 18.2 Å². The van der Waals surface area contributed by atoms with Gasteiger partial charge in [-0.25, -0.2) is 15.8 Å². The zero-order valence-corrected chi connectivity index (χ0v) is 9.96. The van der Waals surface area contributed by atoms with Crippen molar-refractivity contribution in [1.82, 2.24) is 9.97 Å². The zero-order valence-electron chi connectivity index (χ0n) is 9.96. The average molecular weight is 277 g/mol. The van der Waals surface area contributed by atoms with Gasteiger partial charge in [0, 0.05) is 12.6 Å². The summed E-state index contributed by atoms with van der Waals surface area (Å²) in [6.07, 6.45) is -2.50. The van der Waals surface area contributed by atoms with Gasteiger partial charge in [0.1, 0.15) is 11.6 Å². The minimum atomic E-state index is -4.66. The first kappa shape index (κ1) is 13.8. The summed E-state index contributed by atoms with van der Waals surface area (Å²) in [6.45, 7) is 0.144. The third kappa shape index (κ3) is 3.24. The lowest BCUT2D eigenvalue weighted by Gasteiger charge is -2.36. The van der Waals surface area contributed by atoms with Crippen molar-refractivity contribution in [2.24, 2.45) is 5.84 Å². The van der Waals surface area contributed by atoms with Gasteiger partial charge in [0.25, 0.3) is 0 Å². The Hall–Kier alpha value is -1.61. The molecule has 1 saturated carbocycles. The van der Waals surface area contributed by atoms with Crippen molar-refractivity contribution < 1.29 is 18.3 Å². The van der Waals surface area contributed by atoms with Crippen LogP contribution in [0, 0.1) is 0 Å². The fourth-order valence-electron chi connectivity index (χ4n) is 1.76. The highest BCUT2D eigenvalue weighted by Crippen LogP contribution is 2.32. The Kier molecular flexibility index (Phi) is 3.50. The van der Waals surface area contributed by atoms with E-state index < -0.39 is 17.6 Å². The number of rotatable bonds is 4. The highest BCUT2D eigenvalue weighted by molar-refractivity contribution is 5.47. The van der Waals surface area contributed by atoms with E-state index in [0.717, 1.165) is 6.42 Å². The van der Waals surface area contributed by atoms with Crippen molar-refractivity contribution in [3.8, 4) is 0 Å². The zero-order chi connectivity index (χ0) is 14.1. The average Bonchev–Trinajstić information content (AvgIpc) is 2.32. The quantitative estimate of drug-likeness (QED) is 0.486. The van der Waals surface area contributed by atoms with Crippen LogP contribution in [-0.4, -0.2) is 27.2 Å². The third-order valence-corrected chi connectivity index (χ3v) is 3.01. The summed E-state index contributed by atoms with van der Waals surface area (Å²) in [7, 11) is 0. The molecule has 0 radical (unpaired) electrons. The maximum Gasteiger partial charge on any atom is 0.451 e. The molecule has 5 N–H and O–H groups in total. The number of nitrogens with one attached hydrogen (secondary N) is 2. The van der Waals surface area contributed by atoms with Crippen molar-refractivity contribution in [3.63, 3.8) is 0 Å². The molecular weight excluding hydrogens is 263 g/mol. The molecule has 6 nitrogen and oxygen atoms in total. The Bertz CT molecular complexity index is 461. The molecule has 1 aliphatic carbocycles. The van der Waals surface area contributed by atoms with E-state index in [1.807, 2.05) is 0 Å². The van der Waals surface area contributed by atoms with Gasteiger partial charge in [-0.2, -0.15) is 13.2 Å². The van der Waals surface area contributed by atoms with Gasteiger partial charge in [0.2, 0.25) is 5.82 Å². The number of hydrazine groups is 1. The van der Waals surface area contributed by atoms with E-state index in [0.29, 0.717) is 12.8 Å². The molecule has 0 bridgehead atoms. The fraction of sp³-hybridized carbons (Fsp3) is 0.600. The maximum atomic E-state index is 12.6. The molecule has 0 aromatic carbocycles. The lowest BCUT2D eigenvalue weighted by atomic mass is 9.80. The van der Waals surface area contributed by atoms with Crippen LogP contribution in [0.4, 0.5) is 24.8 Å². The van der Waals surface area contributed by atoms with Gasteiger partial charge in [-0.05, 0) is 19.3 Å². The molecule has 1 aromatic rings. The van der Waals surface area contributed by atoms with Gasteiger partial charge in [-0.3, -0.25) is 0 Å². The molecule has 0 unspecified atom stereocenters. The number of aliphatic hydroxyl groups is 1. The Labute approximate surface area is 107 Å². The number of aromatic nitrogens is 2. The number of nitrogens with two attached hydrogens (primary N) is 1. The molecule has 0 aliphatic heterocycles. The van der Waals surface area contributed by atoms with Crippen molar-refractivity contribution >= 4 is 11.6 Å². The number of nitrogen functional groups attached to an aromatic ring is 1. The highest BCUT2D eigenvalue weighted by Gasteiger charge is 2.36. The van der Waals surface area contributed by atoms with E-state index in [9.17, 15) is 18.3 Å². The SMILES string of the molecule is NNc1cc(NCC2(O)CCC2)nc(C(F)(F)F)n1. The van der Waals surface area contributed by atoms with Crippen LogP contribution in [0.3, 0.4) is 0 Å². The molecule has 2 rings (SSSR count). The Morgan fingerprint density at radius 3 is 2.42 bits per heavy atom. The number of halogens is 3. The summed E-state index contributed by atoms with van der Waals surface area (Å²) in [5.74, 6) is 3.60. The van der Waals surface area contributed by atoms with Crippen molar-refractivity contribution in [1.29, 1.82) is 0 Å². The molecule has 0 amide bonds. The van der Waals surface area contributed by atoms with Crippen LogP contribution >= 0.6 is 0 Å². The molecule has 9 heteroatoms. The minimum absolute atomic E-state index is 0.0319. The molecule has 1 aromatic heterocycles. The van der Waals surface area contributed by atoms with Gasteiger partial charge < -0.3 is 15.8 Å². The number of hydrogen-bond donors (Lipinski definition) is 4. The second kappa shape index (κ2) is 4.82. The molecule has 1 fully saturated rings. The second-order valence-electron chi connectivity index (χ2n) is 4.54. The predicted molar refractivity (Wildman–Crippen MR) is 62.1 cm³/mol. The van der Waals surface area contributed by atoms with E-state index in [1.54, 1.807) is 0 Å². The summed E-state index contributed by atoms with van der Waals surface area (Å²) in [5.41, 5.74) is 1.19. The molecule has 0 saturated heterocycles. The molecular formula is C10H14F3N5O. The van der Waals surface area contributed by atoms with Gasteiger partial charge in [0.15, 0.2) is 0 Å². The summed E-state index contributed by atoms with van der Waals surface area (Å²) in [4.78, 5) is 6.59. The maximum absolute atomic E-state index is 12.6. The normalized spacial score (nSPS) is 17.7. The van der Waals surface area contributed by atoms with Crippen LogP contribution in [0.15, 0.2) is 6.07 Å². The molecule has 0 spiro atoms. The standard InChI is InChI=1S/C10H14F3N5O/c11-10(12,13)8-16-6(4-7(17-8)18-14)15-5-9(19)2-1-3-9/h4,19H,1-3,5,14H2,(H2,15,16,17,18). The van der Waals surface area contributed by atoms with Crippen molar-refractivity contribution in [2.45, 2.75) is 31.0 Å². The van der Waals surface area contributed by atoms with E-state index in [4.69, 9.17) is 5.84 Å². The first-order valence-electron chi connectivity index (χ1n) is 5.72.